The number of carbonyl (C=O) groups excluding carboxylic acids is 1. The molecule has 3 rings (SSSR count). The number of hydrogen-bond acceptors (Lipinski definition) is 6. The van der Waals surface area contributed by atoms with E-state index in [0.717, 1.165) is 22.6 Å². The molecule has 0 radical (unpaired) electrons. The maximum Gasteiger partial charge on any atom is 0.230 e. The smallest absolute Gasteiger partial charge is 0.230 e. The second-order valence-electron chi connectivity index (χ2n) is 5.94. The fourth-order valence-electron chi connectivity index (χ4n) is 2.51. The van der Waals surface area contributed by atoms with Crippen molar-refractivity contribution in [2.45, 2.75) is 32.0 Å². The van der Waals surface area contributed by atoms with E-state index in [9.17, 15) is 4.79 Å². The standard InChI is InChI=1S/C18H20N6OS/c1-12-8-13(2)22-18(21-12)26-9-17(25)23-14(3)15-4-6-16(7-5-15)24-11-19-10-20-24/h4-8,10-11,14H,9H2,1-3H3,(H,23,25). The van der Waals surface area contributed by atoms with Crippen LogP contribution in [-0.4, -0.2) is 36.4 Å². The molecule has 0 aliphatic rings. The van der Waals surface area contributed by atoms with Crippen molar-refractivity contribution >= 4 is 17.7 Å². The molecule has 2 aromatic heterocycles. The van der Waals surface area contributed by atoms with E-state index in [-0.39, 0.29) is 17.7 Å². The van der Waals surface area contributed by atoms with Crippen LogP contribution in [0.25, 0.3) is 5.69 Å². The predicted molar refractivity (Wildman–Crippen MR) is 100 cm³/mol. The second-order valence-corrected chi connectivity index (χ2v) is 6.89. The number of thioether (sulfide) groups is 1. The Kier molecular flexibility index (Phi) is 5.62. The van der Waals surface area contributed by atoms with E-state index in [1.165, 1.54) is 18.1 Å². The fourth-order valence-corrected chi connectivity index (χ4v) is 3.27. The summed E-state index contributed by atoms with van der Waals surface area (Å²) in [6.07, 6.45) is 3.14. The first-order valence-corrected chi connectivity index (χ1v) is 9.19. The van der Waals surface area contributed by atoms with E-state index in [4.69, 9.17) is 0 Å². The van der Waals surface area contributed by atoms with Crippen LogP contribution in [0.15, 0.2) is 48.1 Å². The first kappa shape index (κ1) is 18.1. The molecular formula is C18H20N6OS. The highest BCUT2D eigenvalue weighted by atomic mass is 32.2. The van der Waals surface area contributed by atoms with Crippen molar-refractivity contribution in [2.75, 3.05) is 5.75 Å². The lowest BCUT2D eigenvalue weighted by atomic mass is 10.1. The number of aryl methyl sites for hydroxylation is 2. The molecule has 134 valence electrons. The summed E-state index contributed by atoms with van der Waals surface area (Å²) in [7, 11) is 0. The zero-order chi connectivity index (χ0) is 18.5. The topological polar surface area (TPSA) is 85.6 Å². The molecule has 0 bridgehead atoms. The molecule has 0 fully saturated rings. The van der Waals surface area contributed by atoms with Gasteiger partial charge in [0.25, 0.3) is 0 Å². The van der Waals surface area contributed by atoms with Crippen LogP contribution in [0.1, 0.15) is 29.9 Å². The highest BCUT2D eigenvalue weighted by Crippen LogP contribution is 2.17. The average Bonchev–Trinajstić information content (AvgIpc) is 3.14. The summed E-state index contributed by atoms with van der Waals surface area (Å²) in [6, 6.07) is 9.67. The number of nitrogens with zero attached hydrogens (tertiary/aromatic N) is 5. The first-order chi connectivity index (χ1) is 12.5. The van der Waals surface area contributed by atoms with Gasteiger partial charge in [0.15, 0.2) is 5.16 Å². The normalized spacial score (nSPS) is 12.0. The molecule has 1 N–H and O–H groups in total. The van der Waals surface area contributed by atoms with E-state index < -0.39 is 0 Å². The van der Waals surface area contributed by atoms with Crippen LogP contribution in [0.4, 0.5) is 0 Å². The van der Waals surface area contributed by atoms with Crippen LogP contribution in [0.2, 0.25) is 0 Å². The van der Waals surface area contributed by atoms with E-state index in [1.54, 1.807) is 11.0 Å². The lowest BCUT2D eigenvalue weighted by Gasteiger charge is -2.14. The Morgan fingerprint density at radius 1 is 1.19 bits per heavy atom. The van der Waals surface area contributed by atoms with Crippen LogP contribution >= 0.6 is 11.8 Å². The van der Waals surface area contributed by atoms with Gasteiger partial charge in [0.05, 0.1) is 17.5 Å². The number of nitrogens with one attached hydrogen (secondary N) is 1. The molecule has 7 nitrogen and oxygen atoms in total. The van der Waals surface area contributed by atoms with Crippen LogP contribution in [0, 0.1) is 13.8 Å². The Hall–Kier alpha value is -2.74. The molecule has 0 saturated carbocycles. The van der Waals surface area contributed by atoms with E-state index >= 15 is 0 Å². The monoisotopic (exact) mass is 368 g/mol. The van der Waals surface area contributed by atoms with Crippen LogP contribution in [-0.2, 0) is 4.79 Å². The van der Waals surface area contributed by atoms with Crippen LogP contribution < -0.4 is 5.32 Å². The second kappa shape index (κ2) is 8.09. The summed E-state index contributed by atoms with van der Waals surface area (Å²) in [4.78, 5) is 24.8. The number of benzene rings is 1. The average molecular weight is 368 g/mol. The molecule has 1 aromatic carbocycles. The Balaban J connectivity index is 1.55. The van der Waals surface area contributed by atoms with E-state index in [0.29, 0.717) is 5.16 Å². The molecule has 1 atom stereocenters. The SMILES string of the molecule is Cc1cc(C)nc(SCC(=O)NC(C)c2ccc(-n3cncn3)cc2)n1. The zero-order valence-corrected chi connectivity index (χ0v) is 15.7. The lowest BCUT2D eigenvalue weighted by molar-refractivity contribution is -0.119. The molecule has 1 amide bonds. The summed E-state index contributed by atoms with van der Waals surface area (Å²) < 4.78 is 1.69. The van der Waals surface area contributed by atoms with Crippen LogP contribution in [0.5, 0.6) is 0 Å². The lowest BCUT2D eigenvalue weighted by Crippen LogP contribution is -2.28. The molecule has 2 heterocycles. The number of rotatable bonds is 6. The van der Waals surface area contributed by atoms with Crippen molar-refractivity contribution < 1.29 is 4.79 Å². The molecule has 1 unspecified atom stereocenters. The van der Waals surface area contributed by atoms with Gasteiger partial charge in [0.1, 0.15) is 12.7 Å². The van der Waals surface area contributed by atoms with Gasteiger partial charge in [0.2, 0.25) is 5.91 Å². The molecule has 0 saturated heterocycles. The molecule has 0 aliphatic carbocycles. The van der Waals surface area contributed by atoms with Gasteiger partial charge < -0.3 is 5.32 Å². The summed E-state index contributed by atoms with van der Waals surface area (Å²) in [5.41, 5.74) is 3.75. The van der Waals surface area contributed by atoms with Crippen LogP contribution in [0.3, 0.4) is 0 Å². The van der Waals surface area contributed by atoms with Gasteiger partial charge in [-0.15, -0.1) is 0 Å². The Morgan fingerprint density at radius 3 is 2.50 bits per heavy atom. The molecule has 8 heteroatoms. The van der Waals surface area contributed by atoms with Gasteiger partial charge in [-0.1, -0.05) is 23.9 Å². The summed E-state index contributed by atoms with van der Waals surface area (Å²) in [5.74, 6) is 0.232. The summed E-state index contributed by atoms with van der Waals surface area (Å²) >= 11 is 1.34. The number of amides is 1. The van der Waals surface area contributed by atoms with Gasteiger partial charge in [-0.25, -0.2) is 19.6 Å². The zero-order valence-electron chi connectivity index (χ0n) is 14.9. The first-order valence-electron chi connectivity index (χ1n) is 8.20. The number of carbonyl (C=O) groups is 1. The molecule has 3 aromatic rings. The minimum absolute atomic E-state index is 0.0504. The number of aromatic nitrogens is 5. The van der Waals surface area contributed by atoms with Crippen molar-refractivity contribution in [2.24, 2.45) is 0 Å². The molecule has 26 heavy (non-hydrogen) atoms. The summed E-state index contributed by atoms with van der Waals surface area (Å²) in [6.45, 7) is 5.80. The van der Waals surface area contributed by atoms with E-state index in [1.807, 2.05) is 51.1 Å². The highest BCUT2D eigenvalue weighted by molar-refractivity contribution is 7.99. The third-order valence-electron chi connectivity index (χ3n) is 3.75. The van der Waals surface area contributed by atoms with Crippen molar-refractivity contribution in [1.82, 2.24) is 30.0 Å². The molecule has 0 aliphatic heterocycles. The third kappa shape index (κ3) is 4.66. The maximum absolute atomic E-state index is 12.2. The van der Waals surface area contributed by atoms with Gasteiger partial charge in [0, 0.05) is 11.4 Å². The quantitative estimate of drug-likeness (QED) is 0.532. The van der Waals surface area contributed by atoms with Gasteiger partial charge >= 0.3 is 0 Å². The van der Waals surface area contributed by atoms with Gasteiger partial charge in [-0.3, -0.25) is 4.79 Å². The minimum Gasteiger partial charge on any atom is -0.349 e. The Bertz CT molecular complexity index is 859. The molecule has 0 spiro atoms. The minimum atomic E-state index is -0.0898. The third-order valence-corrected chi connectivity index (χ3v) is 4.60. The van der Waals surface area contributed by atoms with Crippen molar-refractivity contribution in [3.8, 4) is 5.69 Å². The van der Waals surface area contributed by atoms with Crippen molar-refractivity contribution in [3.05, 3.63) is 59.9 Å². The van der Waals surface area contributed by atoms with E-state index in [2.05, 4.69) is 25.4 Å². The number of hydrogen-bond donors (Lipinski definition) is 1. The largest absolute Gasteiger partial charge is 0.349 e. The van der Waals surface area contributed by atoms with Crippen molar-refractivity contribution in [1.29, 1.82) is 0 Å². The fraction of sp³-hybridized carbons (Fsp3) is 0.278. The van der Waals surface area contributed by atoms with Crippen molar-refractivity contribution in [3.63, 3.8) is 0 Å². The molecular weight excluding hydrogens is 348 g/mol. The maximum atomic E-state index is 12.2. The Labute approximate surface area is 156 Å². The summed E-state index contributed by atoms with van der Waals surface area (Å²) in [5, 5.41) is 7.72. The predicted octanol–water partition coefficient (Wildman–Crippen LogP) is 2.64. The Morgan fingerprint density at radius 2 is 1.88 bits per heavy atom. The van der Waals surface area contributed by atoms with Gasteiger partial charge in [-0.2, -0.15) is 5.10 Å². The highest BCUT2D eigenvalue weighted by Gasteiger charge is 2.11. The van der Waals surface area contributed by atoms with Gasteiger partial charge in [-0.05, 0) is 44.5 Å².